The third-order valence-electron chi connectivity index (χ3n) is 4.27. The Kier molecular flexibility index (Phi) is 7.89. The Bertz CT molecular complexity index is 1070. The van der Waals surface area contributed by atoms with Gasteiger partial charge in [-0.1, -0.05) is 23.7 Å². The molecule has 32 heavy (non-hydrogen) atoms. The van der Waals surface area contributed by atoms with Crippen LogP contribution in [0.15, 0.2) is 48.0 Å². The Morgan fingerprint density at radius 3 is 2.34 bits per heavy atom. The SMILES string of the molecule is CC(OC(=O)C(C#N)=Cc1ccc(N(C)C)cc1)C(=O)Nc1cc(C(F)(F)F)ccc1Cl. The molecule has 0 radical (unpaired) electrons. The Morgan fingerprint density at radius 2 is 1.81 bits per heavy atom. The van der Waals surface area contributed by atoms with E-state index in [-0.39, 0.29) is 16.3 Å². The molecule has 0 saturated heterocycles. The maximum atomic E-state index is 12.9. The summed E-state index contributed by atoms with van der Waals surface area (Å²) in [6, 6.07) is 11.1. The molecule has 10 heteroatoms. The second-order valence-corrected chi connectivity index (χ2v) is 7.29. The number of benzene rings is 2. The lowest BCUT2D eigenvalue weighted by Crippen LogP contribution is -2.30. The first-order chi connectivity index (χ1) is 14.9. The number of nitrogens with one attached hydrogen (secondary N) is 1. The number of nitriles is 1. The highest BCUT2D eigenvalue weighted by molar-refractivity contribution is 6.33. The van der Waals surface area contributed by atoms with Crippen LogP contribution < -0.4 is 10.2 Å². The molecule has 0 bridgehead atoms. The lowest BCUT2D eigenvalue weighted by molar-refractivity contribution is -0.148. The average Bonchev–Trinajstić information content (AvgIpc) is 2.72. The number of halogens is 4. The number of rotatable bonds is 6. The van der Waals surface area contributed by atoms with Crippen molar-refractivity contribution in [3.63, 3.8) is 0 Å². The Morgan fingerprint density at radius 1 is 1.19 bits per heavy atom. The quantitative estimate of drug-likeness (QED) is 0.372. The predicted octanol–water partition coefficient (Wildman–Crippen LogP) is 4.90. The number of amides is 1. The topological polar surface area (TPSA) is 82.4 Å². The van der Waals surface area contributed by atoms with Crippen molar-refractivity contribution in [1.82, 2.24) is 0 Å². The van der Waals surface area contributed by atoms with Gasteiger partial charge in [0, 0.05) is 19.8 Å². The standard InChI is InChI=1S/C22H19ClF3N3O3/c1-13(20(30)28-19-11-16(22(24,25)26)6-9-18(19)23)32-21(31)15(12-27)10-14-4-7-17(8-5-14)29(2)3/h4-11,13H,1-3H3,(H,28,30). The maximum Gasteiger partial charge on any atom is 0.416 e. The fourth-order valence-electron chi connectivity index (χ4n) is 2.48. The molecule has 1 unspecified atom stereocenters. The van der Waals surface area contributed by atoms with E-state index < -0.39 is 29.7 Å². The molecule has 2 aromatic carbocycles. The smallest absolute Gasteiger partial charge is 0.416 e. The first-order valence-electron chi connectivity index (χ1n) is 9.20. The van der Waals surface area contributed by atoms with Crippen LogP contribution in [-0.4, -0.2) is 32.1 Å². The first kappa shape index (κ1) is 24.8. The molecule has 6 nitrogen and oxygen atoms in total. The van der Waals surface area contributed by atoms with E-state index in [1.807, 2.05) is 19.0 Å². The van der Waals surface area contributed by atoms with E-state index in [4.69, 9.17) is 16.3 Å². The molecule has 1 atom stereocenters. The number of carbonyl (C=O) groups excluding carboxylic acids is 2. The molecule has 0 aliphatic heterocycles. The van der Waals surface area contributed by atoms with Crippen molar-refractivity contribution in [2.75, 3.05) is 24.3 Å². The summed E-state index contributed by atoms with van der Waals surface area (Å²) in [5, 5.41) is 11.4. The number of hydrogen-bond donors (Lipinski definition) is 1. The minimum atomic E-state index is -4.63. The van der Waals surface area contributed by atoms with E-state index in [0.717, 1.165) is 17.8 Å². The molecule has 0 heterocycles. The minimum absolute atomic E-state index is 0.122. The first-order valence-corrected chi connectivity index (χ1v) is 9.58. The average molecular weight is 466 g/mol. The predicted molar refractivity (Wildman–Crippen MR) is 115 cm³/mol. The second kappa shape index (κ2) is 10.2. The highest BCUT2D eigenvalue weighted by Crippen LogP contribution is 2.33. The fraction of sp³-hybridized carbons (Fsp3) is 0.227. The van der Waals surface area contributed by atoms with E-state index in [9.17, 15) is 28.0 Å². The highest BCUT2D eigenvalue weighted by atomic mass is 35.5. The third-order valence-corrected chi connectivity index (χ3v) is 4.60. The summed E-state index contributed by atoms with van der Waals surface area (Å²) in [4.78, 5) is 26.5. The van der Waals surface area contributed by atoms with Crippen molar-refractivity contribution in [2.45, 2.75) is 19.2 Å². The number of esters is 1. The lowest BCUT2D eigenvalue weighted by Gasteiger charge is -2.15. The number of nitrogens with zero attached hydrogens (tertiary/aromatic N) is 2. The Balaban J connectivity index is 2.10. The number of alkyl halides is 3. The molecule has 0 spiro atoms. The largest absolute Gasteiger partial charge is 0.448 e. The molecular weight excluding hydrogens is 447 g/mol. The summed E-state index contributed by atoms with van der Waals surface area (Å²) in [7, 11) is 3.73. The van der Waals surface area contributed by atoms with Crippen molar-refractivity contribution in [3.8, 4) is 6.07 Å². The summed E-state index contributed by atoms with van der Waals surface area (Å²) in [5.41, 5.74) is -0.152. The van der Waals surface area contributed by atoms with Gasteiger partial charge in [-0.3, -0.25) is 4.79 Å². The van der Waals surface area contributed by atoms with Gasteiger partial charge < -0.3 is 15.0 Å². The Labute approximate surface area is 187 Å². The van der Waals surface area contributed by atoms with Crippen LogP contribution in [0.5, 0.6) is 0 Å². The number of hydrogen-bond acceptors (Lipinski definition) is 5. The van der Waals surface area contributed by atoms with E-state index in [1.165, 1.54) is 13.0 Å². The van der Waals surface area contributed by atoms with Crippen LogP contribution in [0.4, 0.5) is 24.5 Å². The summed E-state index contributed by atoms with van der Waals surface area (Å²) in [6.07, 6.45) is -4.73. The minimum Gasteiger partial charge on any atom is -0.448 e. The monoisotopic (exact) mass is 465 g/mol. The zero-order chi connectivity index (χ0) is 24.1. The van der Waals surface area contributed by atoms with Gasteiger partial charge in [0.2, 0.25) is 0 Å². The third kappa shape index (κ3) is 6.49. The summed E-state index contributed by atoms with van der Waals surface area (Å²) < 4.78 is 43.6. The second-order valence-electron chi connectivity index (χ2n) is 6.88. The van der Waals surface area contributed by atoms with Crippen molar-refractivity contribution >= 4 is 40.9 Å². The van der Waals surface area contributed by atoms with E-state index >= 15 is 0 Å². The van der Waals surface area contributed by atoms with Gasteiger partial charge in [0.25, 0.3) is 5.91 Å². The molecule has 168 valence electrons. The normalized spacial score (nSPS) is 12.5. The zero-order valence-electron chi connectivity index (χ0n) is 17.3. The van der Waals surface area contributed by atoms with Gasteiger partial charge in [-0.05, 0) is 48.9 Å². The molecule has 1 amide bonds. The molecule has 0 saturated carbocycles. The van der Waals surface area contributed by atoms with Gasteiger partial charge in [-0.15, -0.1) is 0 Å². The molecule has 0 aromatic heterocycles. The van der Waals surface area contributed by atoms with Gasteiger partial charge in [-0.25, -0.2) is 4.79 Å². The van der Waals surface area contributed by atoms with Crippen molar-refractivity contribution in [1.29, 1.82) is 5.26 Å². The van der Waals surface area contributed by atoms with Crippen molar-refractivity contribution in [2.24, 2.45) is 0 Å². The van der Waals surface area contributed by atoms with Crippen LogP contribution in [0.25, 0.3) is 6.08 Å². The van der Waals surface area contributed by atoms with Gasteiger partial charge in [-0.2, -0.15) is 18.4 Å². The number of ether oxygens (including phenoxy) is 1. The molecule has 0 fully saturated rings. The van der Waals surface area contributed by atoms with Crippen LogP contribution in [0, 0.1) is 11.3 Å². The number of anilines is 2. The van der Waals surface area contributed by atoms with Crippen LogP contribution in [0.3, 0.4) is 0 Å². The summed E-state index contributed by atoms with van der Waals surface area (Å²) in [5.74, 6) is -1.96. The van der Waals surface area contributed by atoms with Crippen LogP contribution in [-0.2, 0) is 20.5 Å². The molecule has 0 aliphatic carbocycles. The molecule has 1 N–H and O–H groups in total. The molecule has 0 aliphatic rings. The summed E-state index contributed by atoms with van der Waals surface area (Å²) >= 11 is 5.85. The molecule has 2 rings (SSSR count). The van der Waals surface area contributed by atoms with Crippen molar-refractivity contribution < 1.29 is 27.5 Å². The van der Waals surface area contributed by atoms with Crippen LogP contribution >= 0.6 is 11.6 Å². The van der Waals surface area contributed by atoms with Gasteiger partial charge >= 0.3 is 12.1 Å². The zero-order valence-corrected chi connectivity index (χ0v) is 18.1. The summed E-state index contributed by atoms with van der Waals surface area (Å²) in [6.45, 7) is 1.22. The molecular formula is C22H19ClF3N3O3. The van der Waals surface area contributed by atoms with E-state index in [2.05, 4.69) is 5.32 Å². The van der Waals surface area contributed by atoms with E-state index in [1.54, 1.807) is 30.3 Å². The van der Waals surface area contributed by atoms with Crippen LogP contribution in [0.2, 0.25) is 5.02 Å². The van der Waals surface area contributed by atoms with Crippen LogP contribution in [0.1, 0.15) is 18.1 Å². The fourth-order valence-corrected chi connectivity index (χ4v) is 2.65. The lowest BCUT2D eigenvalue weighted by atomic mass is 10.1. The van der Waals surface area contributed by atoms with E-state index in [0.29, 0.717) is 11.6 Å². The Hall–Kier alpha value is -3.51. The number of carbonyl (C=O) groups is 2. The van der Waals surface area contributed by atoms with Gasteiger partial charge in [0.1, 0.15) is 11.6 Å². The highest BCUT2D eigenvalue weighted by Gasteiger charge is 2.31. The van der Waals surface area contributed by atoms with Gasteiger partial charge in [0.15, 0.2) is 6.10 Å². The molecule has 2 aromatic rings. The van der Waals surface area contributed by atoms with Crippen molar-refractivity contribution in [3.05, 3.63) is 64.2 Å². The maximum absolute atomic E-state index is 12.9. The van der Waals surface area contributed by atoms with Gasteiger partial charge in [0.05, 0.1) is 16.3 Å².